The van der Waals surface area contributed by atoms with Crippen molar-refractivity contribution in [1.29, 1.82) is 0 Å². The molecule has 2 aromatic rings. The van der Waals surface area contributed by atoms with Gasteiger partial charge in [0.15, 0.2) is 0 Å². The van der Waals surface area contributed by atoms with Crippen LogP contribution in [0.5, 0.6) is 0 Å². The molecular formula is C16H21ClN2. The maximum absolute atomic E-state index is 5.90. The van der Waals surface area contributed by atoms with E-state index in [0.29, 0.717) is 17.8 Å². The van der Waals surface area contributed by atoms with Crippen LogP contribution in [0.4, 0.5) is 0 Å². The van der Waals surface area contributed by atoms with E-state index >= 15 is 0 Å². The molecule has 1 heterocycles. The number of rotatable bonds is 5. The number of pyridine rings is 1. The van der Waals surface area contributed by atoms with Crippen LogP contribution in [0.3, 0.4) is 0 Å². The molecule has 0 radical (unpaired) electrons. The lowest BCUT2D eigenvalue weighted by Crippen LogP contribution is -2.32. The van der Waals surface area contributed by atoms with E-state index in [2.05, 4.69) is 48.4 Å². The number of hydrogen-bond donors (Lipinski definition) is 1. The Hall–Kier alpha value is -1.12. The highest BCUT2D eigenvalue weighted by Crippen LogP contribution is 2.18. The minimum Gasteiger partial charge on any atom is -0.310 e. The predicted octanol–water partition coefficient (Wildman–Crippen LogP) is 3.90. The summed E-state index contributed by atoms with van der Waals surface area (Å²) < 4.78 is 0. The van der Waals surface area contributed by atoms with Gasteiger partial charge in [0.25, 0.3) is 0 Å². The van der Waals surface area contributed by atoms with E-state index in [1.54, 1.807) is 0 Å². The first-order valence-electron chi connectivity index (χ1n) is 6.76. The summed E-state index contributed by atoms with van der Waals surface area (Å²) in [6, 6.07) is 10.9. The van der Waals surface area contributed by atoms with Gasteiger partial charge in [0.2, 0.25) is 0 Å². The predicted molar refractivity (Wildman–Crippen MR) is 82.7 cm³/mol. The first-order valence-corrected chi connectivity index (χ1v) is 7.30. The molecule has 0 saturated heterocycles. The van der Waals surface area contributed by atoms with E-state index in [1.165, 1.54) is 10.9 Å². The van der Waals surface area contributed by atoms with E-state index in [0.717, 1.165) is 17.8 Å². The molecule has 0 aliphatic heterocycles. The fraction of sp³-hybridized carbons (Fsp3) is 0.438. The summed E-state index contributed by atoms with van der Waals surface area (Å²) in [6.07, 6.45) is 0. The molecule has 2 rings (SSSR count). The Morgan fingerprint density at radius 3 is 2.74 bits per heavy atom. The number of nitrogens with one attached hydrogen (secondary N) is 1. The van der Waals surface area contributed by atoms with E-state index in [1.807, 2.05) is 13.0 Å². The van der Waals surface area contributed by atoms with Crippen molar-refractivity contribution in [2.24, 2.45) is 5.92 Å². The second-order valence-corrected chi connectivity index (χ2v) is 5.55. The van der Waals surface area contributed by atoms with Crippen LogP contribution in [0.1, 0.15) is 25.1 Å². The summed E-state index contributed by atoms with van der Waals surface area (Å²) in [7, 11) is 0. The van der Waals surface area contributed by atoms with Gasteiger partial charge in [-0.05, 0) is 37.5 Å². The lowest BCUT2D eigenvalue weighted by Gasteiger charge is -2.19. The van der Waals surface area contributed by atoms with Crippen LogP contribution in [-0.4, -0.2) is 16.9 Å². The second-order valence-electron chi connectivity index (χ2n) is 5.24. The molecule has 0 fully saturated rings. The fourth-order valence-electron chi connectivity index (χ4n) is 2.15. The highest BCUT2D eigenvalue weighted by Gasteiger charge is 2.11. The third kappa shape index (κ3) is 3.46. The molecule has 0 saturated carbocycles. The monoisotopic (exact) mass is 276 g/mol. The Balaban J connectivity index is 2.20. The number of para-hydroxylation sites is 1. The van der Waals surface area contributed by atoms with Crippen LogP contribution in [0.25, 0.3) is 10.9 Å². The normalized spacial score (nSPS) is 14.5. The lowest BCUT2D eigenvalue weighted by atomic mass is 10.0. The SMILES string of the molecule is Cc1cc(CNC(C)C(C)CCl)c2ccccc2n1. The Morgan fingerprint density at radius 1 is 1.26 bits per heavy atom. The summed E-state index contributed by atoms with van der Waals surface area (Å²) in [6.45, 7) is 7.25. The average molecular weight is 277 g/mol. The summed E-state index contributed by atoms with van der Waals surface area (Å²) in [5.74, 6) is 1.15. The third-order valence-electron chi connectivity index (χ3n) is 3.64. The molecule has 0 amide bonds. The van der Waals surface area contributed by atoms with Gasteiger partial charge in [-0.3, -0.25) is 4.98 Å². The summed E-state index contributed by atoms with van der Waals surface area (Å²) in [4.78, 5) is 4.57. The van der Waals surface area contributed by atoms with Crippen LogP contribution in [0, 0.1) is 12.8 Å². The molecule has 2 nitrogen and oxygen atoms in total. The smallest absolute Gasteiger partial charge is 0.0708 e. The van der Waals surface area contributed by atoms with Crippen molar-refractivity contribution in [1.82, 2.24) is 10.3 Å². The Bertz CT molecular complexity index is 553. The topological polar surface area (TPSA) is 24.9 Å². The number of benzene rings is 1. The van der Waals surface area contributed by atoms with Crippen molar-refractivity contribution >= 4 is 22.5 Å². The van der Waals surface area contributed by atoms with Crippen LogP contribution in [0.2, 0.25) is 0 Å². The van der Waals surface area contributed by atoms with Crippen molar-refractivity contribution in [2.75, 3.05) is 5.88 Å². The number of nitrogens with zero attached hydrogens (tertiary/aromatic N) is 1. The zero-order valence-corrected chi connectivity index (χ0v) is 12.5. The van der Waals surface area contributed by atoms with Crippen molar-refractivity contribution in [2.45, 2.75) is 33.4 Å². The maximum atomic E-state index is 5.90. The molecule has 1 N–H and O–H groups in total. The highest BCUT2D eigenvalue weighted by molar-refractivity contribution is 6.18. The van der Waals surface area contributed by atoms with E-state index in [4.69, 9.17) is 11.6 Å². The minimum atomic E-state index is 0.407. The van der Waals surface area contributed by atoms with Gasteiger partial charge >= 0.3 is 0 Å². The van der Waals surface area contributed by atoms with Crippen LogP contribution < -0.4 is 5.32 Å². The van der Waals surface area contributed by atoms with Gasteiger partial charge in [0.05, 0.1) is 5.52 Å². The zero-order valence-electron chi connectivity index (χ0n) is 11.8. The average Bonchev–Trinajstić information content (AvgIpc) is 2.43. The standard InChI is InChI=1S/C16H21ClN2/c1-11(9-17)13(3)18-10-14-8-12(2)19-16-7-5-4-6-15(14)16/h4-8,11,13,18H,9-10H2,1-3H3. The van der Waals surface area contributed by atoms with E-state index in [-0.39, 0.29) is 0 Å². The maximum Gasteiger partial charge on any atom is 0.0708 e. The number of alkyl halides is 1. The third-order valence-corrected chi connectivity index (χ3v) is 4.13. The van der Waals surface area contributed by atoms with E-state index in [9.17, 15) is 0 Å². The van der Waals surface area contributed by atoms with Crippen LogP contribution in [0.15, 0.2) is 30.3 Å². The Morgan fingerprint density at radius 2 is 2.00 bits per heavy atom. The Kier molecular flexibility index (Phi) is 4.78. The van der Waals surface area contributed by atoms with E-state index < -0.39 is 0 Å². The molecule has 1 aromatic heterocycles. The second kappa shape index (κ2) is 6.36. The molecule has 102 valence electrons. The molecule has 0 bridgehead atoms. The van der Waals surface area contributed by atoms with Crippen molar-refractivity contribution < 1.29 is 0 Å². The first-order chi connectivity index (χ1) is 9.11. The quantitative estimate of drug-likeness (QED) is 0.838. The summed E-state index contributed by atoms with van der Waals surface area (Å²) >= 11 is 5.90. The number of halogens is 1. The fourth-order valence-corrected chi connectivity index (χ4v) is 2.41. The molecule has 0 spiro atoms. The van der Waals surface area contributed by atoms with Crippen molar-refractivity contribution in [3.05, 3.63) is 41.6 Å². The molecule has 2 unspecified atom stereocenters. The number of fused-ring (bicyclic) bond motifs is 1. The molecular weight excluding hydrogens is 256 g/mol. The number of aryl methyl sites for hydroxylation is 1. The number of hydrogen-bond acceptors (Lipinski definition) is 2. The molecule has 19 heavy (non-hydrogen) atoms. The summed E-state index contributed by atoms with van der Waals surface area (Å²) in [5, 5.41) is 4.78. The molecule has 0 aliphatic rings. The van der Waals surface area contributed by atoms with Gasteiger partial charge in [-0.25, -0.2) is 0 Å². The first kappa shape index (κ1) is 14.3. The summed E-state index contributed by atoms with van der Waals surface area (Å²) in [5.41, 5.74) is 3.43. The van der Waals surface area contributed by atoms with Gasteiger partial charge in [-0.1, -0.05) is 25.1 Å². The van der Waals surface area contributed by atoms with Gasteiger partial charge in [0, 0.05) is 29.5 Å². The van der Waals surface area contributed by atoms with Crippen LogP contribution in [-0.2, 0) is 6.54 Å². The highest BCUT2D eigenvalue weighted by atomic mass is 35.5. The largest absolute Gasteiger partial charge is 0.310 e. The van der Waals surface area contributed by atoms with Crippen molar-refractivity contribution in [3.8, 4) is 0 Å². The Labute approximate surface area is 120 Å². The lowest BCUT2D eigenvalue weighted by molar-refractivity contribution is 0.430. The van der Waals surface area contributed by atoms with Crippen molar-refractivity contribution in [3.63, 3.8) is 0 Å². The van der Waals surface area contributed by atoms with Gasteiger partial charge in [-0.2, -0.15) is 0 Å². The molecule has 1 aromatic carbocycles. The van der Waals surface area contributed by atoms with Gasteiger partial charge in [0.1, 0.15) is 0 Å². The molecule has 3 heteroatoms. The molecule has 2 atom stereocenters. The minimum absolute atomic E-state index is 0.407. The van der Waals surface area contributed by atoms with Gasteiger partial charge < -0.3 is 5.32 Å². The van der Waals surface area contributed by atoms with Crippen LogP contribution >= 0.6 is 11.6 Å². The molecule has 0 aliphatic carbocycles. The van der Waals surface area contributed by atoms with Gasteiger partial charge in [-0.15, -0.1) is 11.6 Å². The zero-order chi connectivity index (χ0) is 13.8. The number of aromatic nitrogens is 1.